The monoisotopic (exact) mass is 359 g/mol. The molecule has 1 aliphatic heterocycles. The summed E-state index contributed by atoms with van der Waals surface area (Å²) in [6.07, 6.45) is 1.47. The van der Waals surface area contributed by atoms with Crippen LogP contribution >= 0.6 is 11.3 Å². The van der Waals surface area contributed by atoms with Gasteiger partial charge in [0.25, 0.3) is 0 Å². The van der Waals surface area contributed by atoms with Crippen LogP contribution in [0, 0.1) is 0 Å². The van der Waals surface area contributed by atoms with Crippen molar-refractivity contribution in [2.45, 2.75) is 6.04 Å². The van der Waals surface area contributed by atoms with E-state index >= 15 is 0 Å². The highest BCUT2D eigenvalue weighted by Crippen LogP contribution is 2.40. The van der Waals surface area contributed by atoms with Crippen molar-refractivity contribution in [2.75, 3.05) is 40.3 Å². The quantitative estimate of drug-likeness (QED) is 0.767. The third-order valence-electron chi connectivity index (χ3n) is 4.72. The van der Waals surface area contributed by atoms with Gasteiger partial charge in [0.1, 0.15) is 12.1 Å². The highest BCUT2D eigenvalue weighted by atomic mass is 32.1. The Kier molecular flexibility index (Phi) is 4.32. The molecule has 4 rings (SSSR count). The molecule has 1 aromatic carbocycles. The summed E-state index contributed by atoms with van der Waals surface area (Å²) >= 11 is 1.49. The van der Waals surface area contributed by atoms with Crippen LogP contribution in [0.4, 0.5) is 0 Å². The Bertz CT molecular complexity index is 852. The molecule has 0 aliphatic carbocycles. The number of fused-ring (bicyclic) bond motifs is 1. The lowest BCUT2D eigenvalue weighted by Gasteiger charge is -2.37. The topological polar surface area (TPSA) is 66.1 Å². The van der Waals surface area contributed by atoms with Gasteiger partial charge in [-0.25, -0.2) is 4.98 Å². The Labute approximate surface area is 150 Å². The van der Waals surface area contributed by atoms with E-state index in [4.69, 9.17) is 4.74 Å². The second-order valence-corrected chi connectivity index (χ2v) is 7.27. The molecule has 0 spiro atoms. The number of likely N-dealkylation sites (N-methyl/N-ethyl adjacent to an activating group) is 1. The summed E-state index contributed by atoms with van der Waals surface area (Å²) in [4.78, 5) is 10.5. The number of rotatable bonds is 4. The lowest BCUT2D eigenvalue weighted by atomic mass is 10.0. The number of hydrogen-bond donors (Lipinski definition) is 1. The number of thiazole rings is 1. The van der Waals surface area contributed by atoms with Crippen molar-refractivity contribution in [1.82, 2.24) is 24.4 Å². The number of piperazine rings is 1. The second-order valence-electron chi connectivity index (χ2n) is 6.26. The molecule has 1 N–H and O–H groups in total. The van der Waals surface area contributed by atoms with Gasteiger partial charge in [-0.05, 0) is 24.7 Å². The number of nitrogens with zero attached hydrogens (tertiary/aromatic N) is 5. The zero-order chi connectivity index (χ0) is 17.4. The molecule has 3 heterocycles. The maximum atomic E-state index is 10.7. The van der Waals surface area contributed by atoms with Crippen LogP contribution in [0.1, 0.15) is 16.5 Å². The van der Waals surface area contributed by atoms with Gasteiger partial charge in [-0.15, -0.1) is 0 Å². The molecule has 0 radical (unpaired) electrons. The van der Waals surface area contributed by atoms with Gasteiger partial charge >= 0.3 is 0 Å². The fourth-order valence-corrected chi connectivity index (χ4v) is 4.36. The van der Waals surface area contributed by atoms with E-state index in [0.29, 0.717) is 4.96 Å². The molecule has 1 saturated heterocycles. The second kappa shape index (κ2) is 6.62. The Morgan fingerprint density at radius 3 is 2.52 bits per heavy atom. The molecule has 25 heavy (non-hydrogen) atoms. The largest absolute Gasteiger partial charge is 0.497 e. The summed E-state index contributed by atoms with van der Waals surface area (Å²) in [5.74, 6) is 1.00. The van der Waals surface area contributed by atoms with E-state index in [1.54, 1.807) is 7.11 Å². The number of methoxy groups -OCH3 is 1. The summed E-state index contributed by atoms with van der Waals surface area (Å²) in [7, 11) is 3.80. The molecule has 1 aliphatic rings. The summed E-state index contributed by atoms with van der Waals surface area (Å²) in [5.41, 5.74) is 1.13. The predicted octanol–water partition coefficient (Wildman–Crippen LogP) is 1.84. The summed E-state index contributed by atoms with van der Waals surface area (Å²) in [6, 6.07) is 8.04. The maximum absolute atomic E-state index is 10.7. The van der Waals surface area contributed by atoms with Crippen LogP contribution in [0.3, 0.4) is 0 Å². The van der Waals surface area contributed by atoms with E-state index in [2.05, 4.69) is 39.1 Å². The molecule has 8 heteroatoms. The Balaban J connectivity index is 1.76. The van der Waals surface area contributed by atoms with Gasteiger partial charge in [-0.3, -0.25) is 4.90 Å². The zero-order valence-electron chi connectivity index (χ0n) is 14.3. The minimum atomic E-state index is -0.0203. The predicted molar refractivity (Wildman–Crippen MR) is 96.4 cm³/mol. The van der Waals surface area contributed by atoms with Crippen LogP contribution in [0.2, 0.25) is 0 Å². The number of benzene rings is 1. The van der Waals surface area contributed by atoms with Gasteiger partial charge in [0, 0.05) is 26.2 Å². The molecule has 1 unspecified atom stereocenters. The average molecular weight is 359 g/mol. The minimum absolute atomic E-state index is 0.0203. The number of ether oxygens (including phenoxy) is 1. The third-order valence-corrected chi connectivity index (χ3v) is 5.81. The molecule has 132 valence electrons. The normalized spacial score (nSPS) is 17.8. The Morgan fingerprint density at radius 2 is 1.88 bits per heavy atom. The first-order chi connectivity index (χ1) is 12.2. The Hall–Kier alpha value is -2.16. The molecule has 1 fully saturated rings. The van der Waals surface area contributed by atoms with Crippen LogP contribution in [0.25, 0.3) is 4.96 Å². The molecule has 3 aromatic rings. The molecule has 0 saturated carbocycles. The molecule has 0 bridgehead atoms. The lowest BCUT2D eigenvalue weighted by molar-refractivity contribution is 0.127. The van der Waals surface area contributed by atoms with E-state index in [0.717, 1.165) is 42.4 Å². The van der Waals surface area contributed by atoms with Crippen molar-refractivity contribution in [3.05, 3.63) is 41.0 Å². The average Bonchev–Trinajstić information content (AvgIpc) is 3.21. The summed E-state index contributed by atoms with van der Waals surface area (Å²) < 4.78 is 6.79. The van der Waals surface area contributed by atoms with Gasteiger partial charge in [-0.1, -0.05) is 23.5 Å². The van der Waals surface area contributed by atoms with Gasteiger partial charge in [0.05, 0.1) is 18.0 Å². The number of hydrogen-bond acceptors (Lipinski definition) is 7. The van der Waals surface area contributed by atoms with Crippen molar-refractivity contribution in [1.29, 1.82) is 0 Å². The van der Waals surface area contributed by atoms with E-state index in [9.17, 15) is 5.11 Å². The smallest absolute Gasteiger partial charge is 0.230 e. The maximum Gasteiger partial charge on any atom is 0.230 e. The van der Waals surface area contributed by atoms with Crippen LogP contribution in [-0.4, -0.2) is 69.8 Å². The molecule has 7 nitrogen and oxygen atoms in total. The fraction of sp³-hybridized carbons (Fsp3) is 0.412. The fourth-order valence-electron chi connectivity index (χ4n) is 3.27. The van der Waals surface area contributed by atoms with Crippen molar-refractivity contribution in [3.8, 4) is 11.6 Å². The molecule has 2 aromatic heterocycles. The van der Waals surface area contributed by atoms with Crippen molar-refractivity contribution >= 4 is 16.3 Å². The van der Waals surface area contributed by atoms with Crippen LogP contribution in [-0.2, 0) is 0 Å². The first kappa shape index (κ1) is 16.3. The Morgan fingerprint density at radius 1 is 1.16 bits per heavy atom. The van der Waals surface area contributed by atoms with E-state index in [1.807, 2.05) is 12.1 Å². The van der Waals surface area contributed by atoms with E-state index in [-0.39, 0.29) is 11.9 Å². The minimum Gasteiger partial charge on any atom is -0.497 e. The standard InChI is InChI=1S/C17H21N5O2S/c1-20-7-9-21(10-8-20)14(12-3-5-13(24-2)6-4-12)15-16(23)22-17(25-15)18-11-19-22/h3-6,11,14,23H,7-10H2,1-2H3. The first-order valence-corrected chi connectivity index (χ1v) is 9.07. The van der Waals surface area contributed by atoms with Gasteiger partial charge in [0.15, 0.2) is 0 Å². The zero-order valence-corrected chi connectivity index (χ0v) is 15.1. The van der Waals surface area contributed by atoms with Crippen LogP contribution < -0.4 is 4.74 Å². The summed E-state index contributed by atoms with van der Waals surface area (Å²) in [6.45, 7) is 3.91. The van der Waals surface area contributed by atoms with E-state index < -0.39 is 0 Å². The summed E-state index contributed by atoms with van der Waals surface area (Å²) in [5, 5.41) is 14.8. The number of aromatic hydroxyl groups is 1. The van der Waals surface area contributed by atoms with Crippen molar-refractivity contribution in [2.24, 2.45) is 0 Å². The molecular formula is C17H21N5O2S. The van der Waals surface area contributed by atoms with Crippen molar-refractivity contribution in [3.63, 3.8) is 0 Å². The van der Waals surface area contributed by atoms with Gasteiger partial charge < -0.3 is 14.7 Å². The third kappa shape index (κ3) is 2.97. The highest BCUT2D eigenvalue weighted by molar-refractivity contribution is 7.17. The molecule has 0 amide bonds. The van der Waals surface area contributed by atoms with Gasteiger partial charge in [-0.2, -0.15) is 9.61 Å². The van der Waals surface area contributed by atoms with E-state index in [1.165, 1.54) is 22.2 Å². The SMILES string of the molecule is COc1ccc(C(c2sc3ncnn3c2O)N2CCN(C)CC2)cc1. The van der Waals surface area contributed by atoms with Crippen molar-refractivity contribution < 1.29 is 9.84 Å². The first-order valence-electron chi connectivity index (χ1n) is 8.25. The molecular weight excluding hydrogens is 338 g/mol. The van der Waals surface area contributed by atoms with Gasteiger partial charge in [0.2, 0.25) is 10.8 Å². The number of aromatic nitrogens is 3. The lowest BCUT2D eigenvalue weighted by Crippen LogP contribution is -2.46. The van der Waals surface area contributed by atoms with Crippen LogP contribution in [0.5, 0.6) is 11.6 Å². The van der Waals surface area contributed by atoms with Crippen LogP contribution in [0.15, 0.2) is 30.6 Å². The molecule has 1 atom stereocenters. The highest BCUT2D eigenvalue weighted by Gasteiger charge is 2.30.